The van der Waals surface area contributed by atoms with Gasteiger partial charge in [-0.05, 0) is 44.8 Å². The van der Waals surface area contributed by atoms with Gasteiger partial charge in [-0.3, -0.25) is 4.79 Å². The van der Waals surface area contributed by atoms with Gasteiger partial charge >= 0.3 is 0 Å². The smallest absolute Gasteiger partial charge is 0.266 e. The zero-order valence-corrected chi connectivity index (χ0v) is 18.4. The molecule has 0 radical (unpaired) electrons. The predicted octanol–water partition coefficient (Wildman–Crippen LogP) is 3.63. The normalized spacial score (nSPS) is 29.6. The van der Waals surface area contributed by atoms with E-state index in [1.165, 1.54) is 17.3 Å². The Morgan fingerprint density at radius 3 is 2.48 bits per heavy atom. The molecule has 2 atom stereocenters. The molecule has 2 aliphatic carbocycles. The van der Waals surface area contributed by atoms with Crippen LogP contribution in [-0.2, 0) is 10.0 Å². The van der Waals surface area contributed by atoms with Crippen molar-refractivity contribution in [2.24, 2.45) is 0 Å². The molecule has 2 aliphatic rings. The molecular formula is C17H25Cl2N3O3S2. The third-order valence-corrected chi connectivity index (χ3v) is 9.55. The number of nitrogens with one attached hydrogen (secondary N) is 1. The van der Waals surface area contributed by atoms with Crippen LogP contribution in [0.15, 0.2) is 11.0 Å². The first-order chi connectivity index (χ1) is 12.8. The number of halogens is 2. The first-order valence-corrected chi connectivity index (χ1v) is 12.9. The summed E-state index contributed by atoms with van der Waals surface area (Å²) in [4.78, 5) is 12.3. The van der Waals surface area contributed by atoms with Gasteiger partial charge < -0.3 is 0 Å². The summed E-state index contributed by atoms with van der Waals surface area (Å²) < 4.78 is 30.1. The van der Waals surface area contributed by atoms with Crippen molar-refractivity contribution in [2.75, 3.05) is 6.26 Å². The summed E-state index contributed by atoms with van der Waals surface area (Å²) in [6.45, 7) is 0. The molecule has 2 fully saturated rings. The minimum atomic E-state index is -3.37. The molecule has 1 N–H and O–H groups in total. The van der Waals surface area contributed by atoms with Crippen molar-refractivity contribution in [2.45, 2.75) is 74.0 Å². The molecule has 0 amide bonds. The molecule has 3 rings (SSSR count). The summed E-state index contributed by atoms with van der Waals surface area (Å²) in [7, 11) is -3.37. The van der Waals surface area contributed by atoms with Gasteiger partial charge in [-0.25, -0.2) is 17.8 Å². The summed E-state index contributed by atoms with van der Waals surface area (Å²) in [5.74, 6) is 0. The Bertz CT molecular complexity index is 823. The zero-order valence-electron chi connectivity index (χ0n) is 15.2. The van der Waals surface area contributed by atoms with Gasteiger partial charge in [0.25, 0.3) is 5.56 Å². The number of sulfonamides is 1. The van der Waals surface area contributed by atoms with Crippen LogP contribution in [0.5, 0.6) is 0 Å². The fraction of sp³-hybridized carbons (Fsp3) is 0.765. The van der Waals surface area contributed by atoms with Crippen molar-refractivity contribution in [3.63, 3.8) is 0 Å². The second-order valence-electron chi connectivity index (χ2n) is 7.31. The van der Waals surface area contributed by atoms with E-state index < -0.39 is 20.8 Å². The number of hydrogen-bond acceptors (Lipinski definition) is 5. The van der Waals surface area contributed by atoms with Crippen molar-refractivity contribution in [3.05, 3.63) is 26.6 Å². The molecule has 27 heavy (non-hydrogen) atoms. The third-order valence-electron chi connectivity index (χ3n) is 5.65. The number of thioether (sulfide) groups is 1. The van der Waals surface area contributed by atoms with E-state index in [0.717, 1.165) is 19.3 Å². The lowest BCUT2D eigenvalue weighted by Crippen LogP contribution is -2.48. The molecule has 1 aromatic heterocycles. The summed E-state index contributed by atoms with van der Waals surface area (Å²) in [5.41, 5.74) is -0.418. The molecule has 10 heteroatoms. The average molecular weight is 454 g/mol. The van der Waals surface area contributed by atoms with E-state index in [1.54, 1.807) is 11.8 Å². The van der Waals surface area contributed by atoms with E-state index in [-0.39, 0.29) is 22.1 Å². The maximum absolute atomic E-state index is 12.9. The van der Waals surface area contributed by atoms with E-state index in [4.69, 9.17) is 23.2 Å². The van der Waals surface area contributed by atoms with Gasteiger partial charge in [0.1, 0.15) is 5.02 Å². The van der Waals surface area contributed by atoms with Gasteiger partial charge in [0.15, 0.2) is 0 Å². The number of hydrogen-bond donors (Lipinski definition) is 1. The standard InChI is InChI=1S/C17H25Cl2N3O3S2/c1-26-15-5-3-2-4-14(15)21-27(24,25)12-8-6-11(7-9-12)22-17(23)16(19)13(18)10-20-22/h10-12,14-15,21H,2-9H2,1H3. The Balaban J connectivity index is 1.64. The van der Waals surface area contributed by atoms with Crippen LogP contribution in [-0.4, -0.2) is 41.0 Å². The van der Waals surface area contributed by atoms with Crippen molar-refractivity contribution in [1.29, 1.82) is 0 Å². The van der Waals surface area contributed by atoms with Gasteiger partial charge in [-0.2, -0.15) is 16.9 Å². The number of nitrogens with zero attached hydrogens (tertiary/aromatic N) is 2. The van der Waals surface area contributed by atoms with Crippen LogP contribution in [0.3, 0.4) is 0 Å². The van der Waals surface area contributed by atoms with Crippen molar-refractivity contribution in [1.82, 2.24) is 14.5 Å². The molecule has 1 heterocycles. The lowest BCUT2D eigenvalue weighted by atomic mass is 9.95. The second kappa shape index (κ2) is 9.03. The molecule has 6 nitrogen and oxygen atoms in total. The summed E-state index contributed by atoms with van der Waals surface area (Å²) in [6.07, 6.45) is 9.78. The lowest BCUT2D eigenvalue weighted by Gasteiger charge is -2.34. The highest BCUT2D eigenvalue weighted by Gasteiger charge is 2.36. The lowest BCUT2D eigenvalue weighted by molar-refractivity contribution is 0.316. The highest BCUT2D eigenvalue weighted by molar-refractivity contribution is 7.99. The first kappa shape index (κ1) is 21.4. The molecule has 0 bridgehead atoms. The molecule has 0 spiro atoms. The van der Waals surface area contributed by atoms with E-state index in [2.05, 4.69) is 9.82 Å². The molecule has 1 aromatic rings. The summed E-state index contributed by atoms with van der Waals surface area (Å²) in [6, 6.07) is -0.122. The minimum absolute atomic E-state index is 0.0239. The van der Waals surface area contributed by atoms with Crippen molar-refractivity contribution in [3.8, 4) is 0 Å². The molecule has 0 saturated heterocycles. The predicted molar refractivity (Wildman–Crippen MR) is 111 cm³/mol. The summed E-state index contributed by atoms with van der Waals surface area (Å²) >= 11 is 13.5. The SMILES string of the molecule is CSC1CCCCC1NS(=O)(=O)C1CCC(n2ncc(Cl)c(Cl)c2=O)CC1. The van der Waals surface area contributed by atoms with Crippen LogP contribution in [0.1, 0.15) is 57.4 Å². The van der Waals surface area contributed by atoms with Crippen LogP contribution >= 0.6 is 35.0 Å². The van der Waals surface area contributed by atoms with E-state index in [1.807, 2.05) is 6.26 Å². The van der Waals surface area contributed by atoms with Gasteiger partial charge in [-0.1, -0.05) is 36.0 Å². The third kappa shape index (κ3) is 4.83. The van der Waals surface area contributed by atoms with Crippen LogP contribution in [0, 0.1) is 0 Å². The van der Waals surface area contributed by atoms with Crippen LogP contribution in [0.2, 0.25) is 10.0 Å². The monoisotopic (exact) mass is 453 g/mol. The summed E-state index contributed by atoms with van der Waals surface area (Å²) in [5, 5.41) is 4.11. The Labute approximate surface area is 174 Å². The van der Waals surface area contributed by atoms with Crippen molar-refractivity contribution < 1.29 is 8.42 Å². The maximum atomic E-state index is 12.9. The largest absolute Gasteiger partial charge is 0.287 e. The maximum Gasteiger partial charge on any atom is 0.287 e. The Kier molecular flexibility index (Phi) is 7.17. The molecule has 152 valence electrons. The van der Waals surface area contributed by atoms with E-state index in [0.29, 0.717) is 30.9 Å². The van der Waals surface area contributed by atoms with E-state index in [9.17, 15) is 13.2 Å². The second-order valence-corrected chi connectivity index (χ2v) is 11.2. The molecule has 0 aromatic carbocycles. The average Bonchev–Trinajstić information content (AvgIpc) is 2.66. The van der Waals surface area contributed by atoms with Crippen molar-refractivity contribution >= 4 is 45.0 Å². The van der Waals surface area contributed by atoms with Gasteiger partial charge in [0.2, 0.25) is 10.0 Å². The first-order valence-electron chi connectivity index (χ1n) is 9.30. The number of aromatic nitrogens is 2. The fourth-order valence-electron chi connectivity index (χ4n) is 4.11. The Morgan fingerprint density at radius 2 is 1.81 bits per heavy atom. The Hall–Kier alpha value is -0.280. The van der Waals surface area contributed by atoms with Gasteiger partial charge in [0.05, 0.1) is 22.5 Å². The van der Waals surface area contributed by atoms with Gasteiger partial charge in [-0.15, -0.1) is 0 Å². The topological polar surface area (TPSA) is 81.1 Å². The molecule has 2 saturated carbocycles. The quantitative estimate of drug-likeness (QED) is 0.735. The van der Waals surface area contributed by atoms with E-state index >= 15 is 0 Å². The highest BCUT2D eigenvalue weighted by atomic mass is 35.5. The Morgan fingerprint density at radius 1 is 1.15 bits per heavy atom. The van der Waals surface area contributed by atoms with Gasteiger partial charge in [0, 0.05) is 11.3 Å². The molecular weight excluding hydrogens is 429 g/mol. The number of rotatable bonds is 5. The minimum Gasteiger partial charge on any atom is -0.266 e. The highest BCUT2D eigenvalue weighted by Crippen LogP contribution is 2.33. The molecule has 2 unspecified atom stereocenters. The zero-order chi connectivity index (χ0) is 19.6. The fourth-order valence-corrected chi connectivity index (χ4v) is 7.18. The van der Waals surface area contributed by atoms with Crippen LogP contribution < -0.4 is 10.3 Å². The van der Waals surface area contributed by atoms with Crippen LogP contribution in [0.25, 0.3) is 0 Å². The molecule has 0 aliphatic heterocycles. The van der Waals surface area contributed by atoms with Crippen LogP contribution in [0.4, 0.5) is 0 Å².